The van der Waals surface area contributed by atoms with Gasteiger partial charge in [0.2, 0.25) is 11.7 Å². The topological polar surface area (TPSA) is 134 Å². The molecule has 0 unspecified atom stereocenters. The van der Waals surface area contributed by atoms with E-state index in [-0.39, 0.29) is 12.5 Å². The fourth-order valence-corrected chi connectivity index (χ4v) is 2.49. The summed E-state index contributed by atoms with van der Waals surface area (Å²) in [5, 5.41) is 17.6. The molecule has 1 amide bonds. The maximum Gasteiger partial charge on any atom is 0.258 e. The van der Waals surface area contributed by atoms with E-state index >= 15 is 0 Å². The van der Waals surface area contributed by atoms with E-state index in [1.807, 2.05) is 6.07 Å². The minimum atomic E-state index is -0.466. The molecule has 0 radical (unpaired) electrons. The Morgan fingerprint density at radius 2 is 2.14 bits per heavy atom. The Hall–Kier alpha value is -4.15. The Morgan fingerprint density at radius 1 is 1.28 bits per heavy atom. The number of nitrogens with zero attached hydrogens (tertiary/aromatic N) is 7. The first-order valence-electron chi connectivity index (χ1n) is 8.68. The van der Waals surface area contributed by atoms with Gasteiger partial charge in [-0.3, -0.25) is 9.78 Å². The van der Waals surface area contributed by atoms with Crippen molar-refractivity contribution in [2.45, 2.75) is 13.0 Å². The molecule has 0 saturated heterocycles. The zero-order chi connectivity index (χ0) is 20.1. The van der Waals surface area contributed by atoms with Crippen molar-refractivity contribution in [3.63, 3.8) is 0 Å². The van der Waals surface area contributed by atoms with Gasteiger partial charge in [0.15, 0.2) is 6.61 Å². The van der Waals surface area contributed by atoms with E-state index in [1.165, 1.54) is 11.0 Å². The molecule has 1 N–H and O–H groups in total. The largest absolute Gasteiger partial charge is 0.484 e. The van der Waals surface area contributed by atoms with Gasteiger partial charge in [-0.25, -0.2) is 4.68 Å². The molecule has 3 heterocycles. The number of nitrogens with one attached hydrogen (secondary N) is 1. The number of rotatable bonds is 7. The fraction of sp³-hybridized carbons (Fsp3) is 0.167. The molecule has 0 bridgehead atoms. The molecule has 146 valence electrons. The Kier molecular flexibility index (Phi) is 5.18. The van der Waals surface area contributed by atoms with Gasteiger partial charge in [-0.15, -0.1) is 5.10 Å². The number of carbonyl (C=O) groups is 1. The lowest BCUT2D eigenvalue weighted by Gasteiger charge is -2.11. The molecule has 1 aromatic carbocycles. The average Bonchev–Trinajstić information content (AvgIpc) is 3.46. The molecule has 1 atom stereocenters. The van der Waals surface area contributed by atoms with Gasteiger partial charge in [0.05, 0.1) is 5.69 Å². The van der Waals surface area contributed by atoms with E-state index in [2.05, 4.69) is 36.0 Å². The predicted octanol–water partition coefficient (Wildman–Crippen LogP) is 1.36. The van der Waals surface area contributed by atoms with Crippen LogP contribution in [-0.2, 0) is 4.79 Å². The summed E-state index contributed by atoms with van der Waals surface area (Å²) in [7, 11) is 0. The van der Waals surface area contributed by atoms with Gasteiger partial charge in [-0.2, -0.15) is 4.98 Å². The van der Waals surface area contributed by atoms with Gasteiger partial charge < -0.3 is 14.6 Å². The molecule has 0 aliphatic carbocycles. The molecule has 0 fully saturated rings. The summed E-state index contributed by atoms with van der Waals surface area (Å²) < 4.78 is 12.2. The van der Waals surface area contributed by atoms with Gasteiger partial charge >= 0.3 is 0 Å². The first-order chi connectivity index (χ1) is 14.2. The summed E-state index contributed by atoms with van der Waals surface area (Å²) in [5.74, 6) is 0.931. The number of amides is 1. The standard InChI is InChI=1S/C18H16N8O3/c1-12(18-22-17(23-29-18)13-3-2-8-19-9-13)21-16(27)10-28-15-6-4-14(5-7-15)26-11-20-24-25-26/h2-9,11-12H,10H2,1H3,(H,21,27)/t12-/m1/s1. The van der Waals surface area contributed by atoms with E-state index in [0.717, 1.165) is 11.3 Å². The number of benzene rings is 1. The monoisotopic (exact) mass is 392 g/mol. The highest BCUT2D eigenvalue weighted by Crippen LogP contribution is 2.18. The van der Waals surface area contributed by atoms with Crippen LogP contribution in [0.5, 0.6) is 5.75 Å². The molecular weight excluding hydrogens is 376 g/mol. The number of hydrogen-bond donors (Lipinski definition) is 1. The third-order valence-electron chi connectivity index (χ3n) is 3.93. The maximum absolute atomic E-state index is 12.2. The number of ether oxygens (including phenoxy) is 1. The maximum atomic E-state index is 12.2. The first kappa shape index (κ1) is 18.2. The van der Waals surface area contributed by atoms with Crippen molar-refractivity contribution in [2.75, 3.05) is 6.61 Å². The summed E-state index contributed by atoms with van der Waals surface area (Å²) in [6.07, 6.45) is 4.78. The quantitative estimate of drug-likeness (QED) is 0.495. The number of tetrazole rings is 1. The van der Waals surface area contributed by atoms with Gasteiger partial charge in [0.25, 0.3) is 5.91 Å². The number of hydrogen-bond acceptors (Lipinski definition) is 9. The second kappa shape index (κ2) is 8.25. The molecule has 0 aliphatic heterocycles. The summed E-state index contributed by atoms with van der Waals surface area (Å²) in [6.45, 7) is 1.59. The minimum absolute atomic E-state index is 0.155. The van der Waals surface area contributed by atoms with Crippen LogP contribution in [0.4, 0.5) is 0 Å². The summed E-state index contributed by atoms with van der Waals surface area (Å²) in [5.41, 5.74) is 1.51. The van der Waals surface area contributed by atoms with Crippen LogP contribution in [-0.4, -0.2) is 47.8 Å². The molecular formula is C18H16N8O3. The van der Waals surface area contributed by atoms with Crippen molar-refractivity contribution in [3.8, 4) is 22.8 Å². The third kappa shape index (κ3) is 4.40. The summed E-state index contributed by atoms with van der Waals surface area (Å²) in [6, 6.07) is 10.2. The van der Waals surface area contributed by atoms with Crippen LogP contribution in [0.15, 0.2) is 59.6 Å². The molecule has 0 saturated carbocycles. The zero-order valence-electron chi connectivity index (χ0n) is 15.3. The van der Waals surface area contributed by atoms with Crippen LogP contribution in [0, 0.1) is 0 Å². The first-order valence-corrected chi connectivity index (χ1v) is 8.68. The van der Waals surface area contributed by atoms with Gasteiger partial charge in [-0.05, 0) is 53.7 Å². The molecule has 4 rings (SSSR count). The SMILES string of the molecule is C[C@@H](NC(=O)COc1ccc(-n2cnnn2)cc1)c1nc(-c2cccnc2)no1. The fourth-order valence-electron chi connectivity index (χ4n) is 2.49. The van der Waals surface area contributed by atoms with Crippen molar-refractivity contribution < 1.29 is 14.1 Å². The number of carbonyl (C=O) groups excluding carboxylic acids is 1. The van der Waals surface area contributed by atoms with Gasteiger partial charge in [0.1, 0.15) is 18.1 Å². The van der Waals surface area contributed by atoms with E-state index in [0.29, 0.717) is 17.5 Å². The average molecular weight is 392 g/mol. The van der Waals surface area contributed by atoms with Crippen LogP contribution < -0.4 is 10.1 Å². The van der Waals surface area contributed by atoms with Crippen LogP contribution in [0.2, 0.25) is 0 Å². The Labute approximate surface area is 164 Å². The van der Waals surface area contributed by atoms with Crippen LogP contribution in [0.25, 0.3) is 17.1 Å². The zero-order valence-corrected chi connectivity index (χ0v) is 15.3. The third-order valence-corrected chi connectivity index (χ3v) is 3.93. The molecule has 0 spiro atoms. The lowest BCUT2D eigenvalue weighted by molar-refractivity contribution is -0.123. The van der Waals surface area contributed by atoms with Crippen molar-refractivity contribution in [1.82, 2.24) is 40.6 Å². The molecule has 4 aromatic rings. The number of aromatic nitrogens is 7. The molecule has 0 aliphatic rings. The summed E-state index contributed by atoms with van der Waals surface area (Å²) in [4.78, 5) is 20.5. The van der Waals surface area contributed by atoms with E-state index < -0.39 is 6.04 Å². The van der Waals surface area contributed by atoms with Crippen LogP contribution >= 0.6 is 0 Å². The highest BCUT2D eigenvalue weighted by atomic mass is 16.5. The highest BCUT2D eigenvalue weighted by molar-refractivity contribution is 5.77. The van der Waals surface area contributed by atoms with Crippen LogP contribution in [0.3, 0.4) is 0 Å². The smallest absolute Gasteiger partial charge is 0.258 e. The van der Waals surface area contributed by atoms with E-state index in [4.69, 9.17) is 9.26 Å². The Balaban J connectivity index is 1.30. The number of pyridine rings is 1. The van der Waals surface area contributed by atoms with Crippen molar-refractivity contribution in [2.24, 2.45) is 0 Å². The second-order valence-electron chi connectivity index (χ2n) is 6.02. The van der Waals surface area contributed by atoms with Gasteiger partial charge in [-0.1, -0.05) is 5.16 Å². The van der Waals surface area contributed by atoms with Gasteiger partial charge in [0, 0.05) is 18.0 Å². The Bertz CT molecular complexity index is 1060. The Morgan fingerprint density at radius 3 is 2.86 bits per heavy atom. The minimum Gasteiger partial charge on any atom is -0.484 e. The lowest BCUT2D eigenvalue weighted by Crippen LogP contribution is -2.31. The predicted molar refractivity (Wildman–Crippen MR) is 98.7 cm³/mol. The van der Waals surface area contributed by atoms with E-state index in [9.17, 15) is 4.79 Å². The molecule has 11 nitrogen and oxygen atoms in total. The highest BCUT2D eigenvalue weighted by Gasteiger charge is 2.17. The summed E-state index contributed by atoms with van der Waals surface area (Å²) >= 11 is 0. The molecule has 29 heavy (non-hydrogen) atoms. The van der Waals surface area contributed by atoms with Crippen molar-refractivity contribution in [1.29, 1.82) is 0 Å². The molecule has 11 heteroatoms. The second-order valence-corrected chi connectivity index (χ2v) is 6.02. The lowest BCUT2D eigenvalue weighted by atomic mass is 10.3. The van der Waals surface area contributed by atoms with Crippen LogP contribution in [0.1, 0.15) is 18.9 Å². The normalized spacial score (nSPS) is 11.8. The van der Waals surface area contributed by atoms with Crippen molar-refractivity contribution in [3.05, 3.63) is 61.0 Å². The van der Waals surface area contributed by atoms with Crippen molar-refractivity contribution >= 4 is 5.91 Å². The molecule has 3 aromatic heterocycles. The van der Waals surface area contributed by atoms with E-state index in [1.54, 1.807) is 49.6 Å².